The van der Waals surface area contributed by atoms with Crippen molar-refractivity contribution in [3.05, 3.63) is 29.1 Å². The van der Waals surface area contributed by atoms with Gasteiger partial charge in [-0.2, -0.15) is 0 Å². The van der Waals surface area contributed by atoms with Gasteiger partial charge in [0, 0.05) is 19.3 Å². The average molecular weight is 290 g/mol. The van der Waals surface area contributed by atoms with Gasteiger partial charge >= 0.3 is 5.97 Å². The highest BCUT2D eigenvalue weighted by Gasteiger charge is 2.12. The normalized spacial score (nSPS) is 14.5. The second kappa shape index (κ2) is 7.73. The van der Waals surface area contributed by atoms with Gasteiger partial charge in [0.25, 0.3) is 0 Å². The van der Waals surface area contributed by atoms with E-state index in [0.717, 1.165) is 32.5 Å². The van der Waals surface area contributed by atoms with Crippen LogP contribution in [0, 0.1) is 6.92 Å². The SMILES string of the molecule is CCOC(=O)c1cnc(NCCC2=CCNCC2)nc1C. The molecule has 1 aliphatic rings. The summed E-state index contributed by atoms with van der Waals surface area (Å²) in [6.07, 6.45) is 5.85. The third-order valence-electron chi connectivity index (χ3n) is 3.36. The first-order chi connectivity index (χ1) is 10.2. The monoisotopic (exact) mass is 290 g/mol. The Morgan fingerprint density at radius 1 is 1.52 bits per heavy atom. The average Bonchev–Trinajstić information content (AvgIpc) is 2.48. The van der Waals surface area contributed by atoms with E-state index in [-0.39, 0.29) is 5.97 Å². The smallest absolute Gasteiger partial charge is 0.341 e. The Kier molecular flexibility index (Phi) is 5.68. The number of carbonyl (C=O) groups is 1. The maximum absolute atomic E-state index is 11.7. The van der Waals surface area contributed by atoms with Gasteiger partial charge in [-0.3, -0.25) is 0 Å². The molecular formula is C15H22N4O2. The van der Waals surface area contributed by atoms with Gasteiger partial charge in [0.15, 0.2) is 0 Å². The van der Waals surface area contributed by atoms with E-state index in [1.807, 2.05) is 0 Å². The number of anilines is 1. The lowest BCUT2D eigenvalue weighted by Gasteiger charge is -2.14. The van der Waals surface area contributed by atoms with Gasteiger partial charge in [-0.05, 0) is 33.2 Å². The van der Waals surface area contributed by atoms with Gasteiger partial charge < -0.3 is 15.4 Å². The third kappa shape index (κ3) is 4.53. The zero-order valence-electron chi connectivity index (χ0n) is 12.6. The first-order valence-corrected chi connectivity index (χ1v) is 7.34. The van der Waals surface area contributed by atoms with Gasteiger partial charge in [0.05, 0.1) is 17.9 Å². The van der Waals surface area contributed by atoms with Crippen LogP contribution in [0.25, 0.3) is 0 Å². The fourth-order valence-electron chi connectivity index (χ4n) is 2.19. The van der Waals surface area contributed by atoms with E-state index >= 15 is 0 Å². The summed E-state index contributed by atoms with van der Waals surface area (Å²) in [6.45, 7) is 6.72. The van der Waals surface area contributed by atoms with Crippen LogP contribution >= 0.6 is 0 Å². The molecule has 0 saturated heterocycles. The minimum atomic E-state index is -0.374. The Labute approximate surface area is 125 Å². The molecule has 6 nitrogen and oxygen atoms in total. The Bertz CT molecular complexity index is 528. The molecule has 2 heterocycles. The van der Waals surface area contributed by atoms with Crippen molar-refractivity contribution >= 4 is 11.9 Å². The number of ether oxygens (including phenoxy) is 1. The topological polar surface area (TPSA) is 76.1 Å². The van der Waals surface area contributed by atoms with Crippen LogP contribution in [0.2, 0.25) is 0 Å². The van der Waals surface area contributed by atoms with Crippen LogP contribution in [-0.2, 0) is 4.74 Å². The van der Waals surface area contributed by atoms with E-state index in [4.69, 9.17) is 4.74 Å². The summed E-state index contributed by atoms with van der Waals surface area (Å²) in [5.41, 5.74) is 2.51. The molecule has 0 unspecified atom stereocenters. The minimum Gasteiger partial charge on any atom is -0.462 e. The molecule has 0 atom stereocenters. The summed E-state index contributed by atoms with van der Waals surface area (Å²) < 4.78 is 4.96. The van der Waals surface area contributed by atoms with Crippen molar-refractivity contribution in [3.8, 4) is 0 Å². The zero-order chi connectivity index (χ0) is 15.1. The number of aryl methyl sites for hydroxylation is 1. The second-order valence-electron chi connectivity index (χ2n) is 4.91. The van der Waals surface area contributed by atoms with Gasteiger partial charge in [-0.15, -0.1) is 0 Å². The molecule has 114 valence electrons. The van der Waals surface area contributed by atoms with E-state index in [9.17, 15) is 4.79 Å². The summed E-state index contributed by atoms with van der Waals surface area (Å²) in [5, 5.41) is 6.49. The molecule has 0 aliphatic carbocycles. The predicted octanol–water partition coefficient (Wildman–Crippen LogP) is 1.68. The highest BCUT2D eigenvalue weighted by Crippen LogP contribution is 2.11. The lowest BCUT2D eigenvalue weighted by molar-refractivity contribution is 0.0524. The summed E-state index contributed by atoms with van der Waals surface area (Å²) in [7, 11) is 0. The number of carbonyl (C=O) groups excluding carboxylic acids is 1. The fourth-order valence-corrected chi connectivity index (χ4v) is 2.19. The molecule has 0 fully saturated rings. The Morgan fingerprint density at radius 2 is 2.38 bits per heavy atom. The maximum atomic E-state index is 11.7. The van der Waals surface area contributed by atoms with Crippen LogP contribution < -0.4 is 10.6 Å². The lowest BCUT2D eigenvalue weighted by atomic mass is 10.1. The summed E-state index contributed by atoms with van der Waals surface area (Å²) in [6, 6.07) is 0. The molecular weight excluding hydrogens is 268 g/mol. The van der Waals surface area contributed by atoms with Crippen LogP contribution in [0.15, 0.2) is 17.8 Å². The molecule has 0 radical (unpaired) electrons. The van der Waals surface area contributed by atoms with E-state index in [1.54, 1.807) is 13.8 Å². The van der Waals surface area contributed by atoms with Crippen LogP contribution in [0.3, 0.4) is 0 Å². The molecule has 6 heteroatoms. The van der Waals surface area contributed by atoms with Gasteiger partial charge in [-0.25, -0.2) is 14.8 Å². The third-order valence-corrected chi connectivity index (χ3v) is 3.36. The van der Waals surface area contributed by atoms with Crippen LogP contribution in [-0.4, -0.2) is 42.2 Å². The largest absolute Gasteiger partial charge is 0.462 e. The van der Waals surface area contributed by atoms with Crippen molar-refractivity contribution in [1.29, 1.82) is 0 Å². The first kappa shape index (κ1) is 15.4. The van der Waals surface area contributed by atoms with E-state index in [0.29, 0.717) is 23.8 Å². The number of nitrogens with one attached hydrogen (secondary N) is 2. The summed E-state index contributed by atoms with van der Waals surface area (Å²) in [4.78, 5) is 20.1. The van der Waals surface area contributed by atoms with Crippen molar-refractivity contribution < 1.29 is 9.53 Å². The minimum absolute atomic E-state index is 0.349. The van der Waals surface area contributed by atoms with Crippen molar-refractivity contribution in [2.24, 2.45) is 0 Å². The van der Waals surface area contributed by atoms with E-state index < -0.39 is 0 Å². The molecule has 1 aliphatic heterocycles. The van der Waals surface area contributed by atoms with Crippen LogP contribution in [0.5, 0.6) is 0 Å². The second-order valence-corrected chi connectivity index (χ2v) is 4.91. The first-order valence-electron chi connectivity index (χ1n) is 7.34. The summed E-state index contributed by atoms with van der Waals surface area (Å²) >= 11 is 0. The number of esters is 1. The molecule has 0 spiro atoms. The van der Waals surface area contributed by atoms with Gasteiger partial charge in [-0.1, -0.05) is 11.6 Å². The number of hydrogen-bond acceptors (Lipinski definition) is 6. The molecule has 0 bridgehead atoms. The van der Waals surface area contributed by atoms with E-state index in [1.165, 1.54) is 11.8 Å². The summed E-state index contributed by atoms with van der Waals surface area (Å²) in [5.74, 6) is 0.177. The van der Waals surface area contributed by atoms with Gasteiger partial charge in [0.1, 0.15) is 0 Å². The Morgan fingerprint density at radius 3 is 3.05 bits per heavy atom. The highest BCUT2D eigenvalue weighted by atomic mass is 16.5. The van der Waals surface area contributed by atoms with Crippen LogP contribution in [0.4, 0.5) is 5.95 Å². The quantitative estimate of drug-likeness (QED) is 0.613. The van der Waals surface area contributed by atoms with Crippen molar-refractivity contribution in [1.82, 2.24) is 15.3 Å². The Hall–Kier alpha value is -1.95. The predicted molar refractivity (Wildman–Crippen MR) is 81.4 cm³/mol. The molecule has 21 heavy (non-hydrogen) atoms. The molecule has 0 saturated carbocycles. The standard InChI is InChI=1S/C15H22N4O2/c1-3-21-14(20)13-10-18-15(19-11(13)2)17-9-6-12-4-7-16-8-5-12/h4,10,16H,3,5-9H2,1-2H3,(H,17,18,19). The number of nitrogens with zero attached hydrogens (tertiary/aromatic N) is 2. The highest BCUT2D eigenvalue weighted by molar-refractivity contribution is 5.90. The lowest BCUT2D eigenvalue weighted by Crippen LogP contribution is -2.21. The van der Waals surface area contributed by atoms with Crippen molar-refractivity contribution in [2.45, 2.75) is 26.7 Å². The maximum Gasteiger partial charge on any atom is 0.341 e. The molecule has 1 aromatic heterocycles. The molecule has 0 amide bonds. The molecule has 2 N–H and O–H groups in total. The van der Waals surface area contributed by atoms with Gasteiger partial charge in [0.2, 0.25) is 5.95 Å². The Balaban J connectivity index is 1.88. The van der Waals surface area contributed by atoms with E-state index in [2.05, 4.69) is 26.7 Å². The fraction of sp³-hybridized carbons (Fsp3) is 0.533. The molecule has 2 rings (SSSR count). The van der Waals surface area contributed by atoms with Crippen LogP contribution in [0.1, 0.15) is 35.8 Å². The van der Waals surface area contributed by atoms with Crippen molar-refractivity contribution in [3.63, 3.8) is 0 Å². The van der Waals surface area contributed by atoms with Crippen molar-refractivity contribution in [2.75, 3.05) is 31.6 Å². The molecule has 0 aromatic carbocycles. The zero-order valence-corrected chi connectivity index (χ0v) is 12.6. The number of aromatic nitrogens is 2. The number of rotatable bonds is 6. The molecule has 1 aromatic rings. The number of hydrogen-bond donors (Lipinski definition) is 2.